The zero-order valence-electron chi connectivity index (χ0n) is 19.1. The van der Waals surface area contributed by atoms with E-state index < -0.39 is 6.10 Å². The van der Waals surface area contributed by atoms with E-state index in [-0.39, 0.29) is 24.1 Å². The van der Waals surface area contributed by atoms with E-state index in [1.807, 2.05) is 36.4 Å². The van der Waals surface area contributed by atoms with Gasteiger partial charge in [0, 0.05) is 36.4 Å². The molecule has 2 aliphatic heterocycles. The number of carbonyl (C=O) groups excluding carboxylic acids is 2. The molecule has 10 heteroatoms. The summed E-state index contributed by atoms with van der Waals surface area (Å²) in [4.78, 5) is 37.1. The van der Waals surface area contributed by atoms with Crippen LogP contribution >= 0.6 is 11.6 Å². The minimum atomic E-state index is -0.418. The molecule has 3 aromatic rings. The zero-order chi connectivity index (χ0) is 24.5. The number of aromatic nitrogens is 2. The van der Waals surface area contributed by atoms with Gasteiger partial charge >= 0.3 is 0 Å². The molecule has 0 spiro atoms. The fourth-order valence-electron chi connectivity index (χ4n) is 4.25. The highest BCUT2D eigenvalue weighted by molar-refractivity contribution is 6.33. The molecule has 0 bridgehead atoms. The molecule has 1 saturated heterocycles. The van der Waals surface area contributed by atoms with Gasteiger partial charge in [-0.1, -0.05) is 35.9 Å². The maximum absolute atomic E-state index is 13.3. The third-order valence-corrected chi connectivity index (χ3v) is 6.47. The predicted octanol–water partition coefficient (Wildman–Crippen LogP) is 2.62. The lowest BCUT2D eigenvalue weighted by Crippen LogP contribution is -2.53. The van der Waals surface area contributed by atoms with Crippen LogP contribution in [0.3, 0.4) is 0 Å². The second-order valence-electron chi connectivity index (χ2n) is 8.45. The van der Waals surface area contributed by atoms with Crippen LogP contribution in [-0.2, 0) is 11.2 Å². The molecule has 3 heterocycles. The van der Waals surface area contributed by atoms with E-state index in [0.29, 0.717) is 42.6 Å². The van der Waals surface area contributed by atoms with Crippen molar-refractivity contribution < 1.29 is 19.4 Å². The number of nitrogens with one attached hydrogen (secondary N) is 1. The lowest BCUT2D eigenvalue weighted by Gasteiger charge is -2.36. The highest BCUT2D eigenvalue weighted by atomic mass is 35.5. The van der Waals surface area contributed by atoms with Crippen molar-refractivity contribution in [3.63, 3.8) is 0 Å². The number of halogens is 1. The van der Waals surface area contributed by atoms with Crippen LogP contribution in [0.2, 0.25) is 5.02 Å². The Hall–Kier alpha value is -3.69. The van der Waals surface area contributed by atoms with Crippen LogP contribution in [0.1, 0.15) is 15.9 Å². The van der Waals surface area contributed by atoms with Crippen molar-refractivity contribution in [2.45, 2.75) is 12.5 Å². The third-order valence-electron chi connectivity index (χ3n) is 6.16. The molecule has 1 aromatic heterocycles. The minimum absolute atomic E-state index is 0.0250. The molecule has 0 aliphatic carbocycles. The molecule has 35 heavy (non-hydrogen) atoms. The van der Waals surface area contributed by atoms with E-state index in [9.17, 15) is 14.7 Å². The maximum Gasteiger partial charge on any atom is 0.267 e. The molecule has 1 fully saturated rings. The number of β-amino-alcohol motifs (C(OH)–C–C–N with tert-alkyl or cyclic N) is 1. The number of anilines is 2. The maximum atomic E-state index is 13.3. The van der Waals surface area contributed by atoms with Crippen molar-refractivity contribution >= 4 is 34.9 Å². The summed E-state index contributed by atoms with van der Waals surface area (Å²) < 4.78 is 5.68. The molecule has 0 saturated carbocycles. The first-order chi connectivity index (χ1) is 16.9. The third kappa shape index (κ3) is 4.52. The molecule has 2 aliphatic rings. The molecule has 0 atom stereocenters. The predicted molar refractivity (Wildman–Crippen MR) is 132 cm³/mol. The van der Waals surface area contributed by atoms with Crippen LogP contribution in [-0.4, -0.2) is 71.2 Å². The van der Waals surface area contributed by atoms with Gasteiger partial charge < -0.3 is 25.0 Å². The van der Waals surface area contributed by atoms with Crippen molar-refractivity contribution in [3.05, 3.63) is 64.9 Å². The summed E-state index contributed by atoms with van der Waals surface area (Å²) in [7, 11) is 1.69. The Labute approximate surface area is 207 Å². The number of aliphatic hydroxyl groups is 1. The molecule has 2 aromatic carbocycles. The van der Waals surface area contributed by atoms with Crippen molar-refractivity contribution in [1.82, 2.24) is 14.9 Å². The monoisotopic (exact) mass is 493 g/mol. The largest absolute Gasteiger partial charge is 0.475 e. The summed E-state index contributed by atoms with van der Waals surface area (Å²) in [5.41, 5.74) is 3.56. The Morgan fingerprint density at radius 2 is 1.97 bits per heavy atom. The molecule has 0 radical (unpaired) electrons. The van der Waals surface area contributed by atoms with Gasteiger partial charge in [0.25, 0.3) is 5.91 Å². The Morgan fingerprint density at radius 1 is 1.20 bits per heavy atom. The SMILES string of the molecule is CNc1ncnc2c1C(=O)N(c1ccc(-c3ccc(CC(=O)N4CC(O)C4)cc3Cl)cc1)CCO2. The molecule has 5 rings (SSSR count). The molecule has 2 amide bonds. The molecule has 180 valence electrons. The quantitative estimate of drug-likeness (QED) is 0.562. The Bertz CT molecular complexity index is 1280. The van der Waals surface area contributed by atoms with Crippen LogP contribution in [0.5, 0.6) is 5.88 Å². The molecular weight excluding hydrogens is 470 g/mol. The molecule has 9 nitrogen and oxygen atoms in total. The van der Waals surface area contributed by atoms with Crippen molar-refractivity contribution in [2.75, 3.05) is 43.5 Å². The number of rotatable bonds is 5. The fourth-order valence-corrected chi connectivity index (χ4v) is 4.56. The minimum Gasteiger partial charge on any atom is -0.475 e. The van der Waals surface area contributed by atoms with Crippen LogP contribution in [0.25, 0.3) is 11.1 Å². The van der Waals surface area contributed by atoms with Crippen molar-refractivity contribution in [3.8, 4) is 17.0 Å². The van der Waals surface area contributed by atoms with Crippen molar-refractivity contribution in [2.24, 2.45) is 0 Å². The smallest absolute Gasteiger partial charge is 0.267 e. The van der Waals surface area contributed by atoms with E-state index in [0.717, 1.165) is 22.4 Å². The Kier molecular flexibility index (Phi) is 6.27. The van der Waals surface area contributed by atoms with Crippen molar-refractivity contribution in [1.29, 1.82) is 0 Å². The van der Waals surface area contributed by atoms with E-state index >= 15 is 0 Å². The molecule has 0 unspecified atom stereocenters. The van der Waals surface area contributed by atoms with Gasteiger partial charge in [0.1, 0.15) is 24.3 Å². The number of amides is 2. The normalized spacial score (nSPS) is 15.7. The number of benzene rings is 2. The van der Waals surface area contributed by atoms with Gasteiger partial charge in [0.05, 0.1) is 19.1 Å². The Morgan fingerprint density at radius 3 is 2.66 bits per heavy atom. The summed E-state index contributed by atoms with van der Waals surface area (Å²) >= 11 is 6.55. The number of hydrogen-bond acceptors (Lipinski definition) is 7. The van der Waals surface area contributed by atoms with Gasteiger partial charge in [-0.3, -0.25) is 9.59 Å². The van der Waals surface area contributed by atoms with E-state index in [2.05, 4.69) is 15.3 Å². The van der Waals surface area contributed by atoms with E-state index in [4.69, 9.17) is 16.3 Å². The van der Waals surface area contributed by atoms with E-state index in [1.54, 1.807) is 22.9 Å². The number of hydrogen-bond donors (Lipinski definition) is 2. The van der Waals surface area contributed by atoms with Gasteiger partial charge in [-0.05, 0) is 29.3 Å². The second-order valence-corrected chi connectivity index (χ2v) is 8.86. The zero-order valence-corrected chi connectivity index (χ0v) is 19.8. The molecule has 2 N–H and O–H groups in total. The van der Waals surface area contributed by atoms with Gasteiger partial charge in [-0.25, -0.2) is 9.97 Å². The standard InChI is InChI=1S/C25H24ClN5O4/c1-27-23-22-24(29-14-28-23)35-9-8-31(25(22)34)17-5-3-16(4-6-17)19-7-2-15(10-20(19)26)11-21(33)30-12-18(32)13-30/h2-7,10,14,18,32H,8-9,11-13H2,1H3,(H,27,28,29). The number of carbonyl (C=O) groups is 2. The summed E-state index contributed by atoms with van der Waals surface area (Å²) in [5, 5.41) is 12.8. The van der Waals surface area contributed by atoms with Crippen LogP contribution < -0.4 is 15.0 Å². The number of fused-ring (bicyclic) bond motifs is 1. The average Bonchev–Trinajstić information content (AvgIpc) is 3.01. The summed E-state index contributed by atoms with van der Waals surface area (Å²) in [5.74, 6) is 0.420. The fraction of sp³-hybridized carbons (Fsp3) is 0.280. The highest BCUT2D eigenvalue weighted by Gasteiger charge is 2.30. The number of ether oxygens (including phenoxy) is 1. The van der Waals surface area contributed by atoms with Crippen LogP contribution in [0, 0.1) is 0 Å². The summed E-state index contributed by atoms with van der Waals surface area (Å²) in [6.07, 6.45) is 1.19. The lowest BCUT2D eigenvalue weighted by molar-refractivity contribution is -0.140. The first-order valence-corrected chi connectivity index (χ1v) is 11.6. The number of aliphatic hydroxyl groups excluding tert-OH is 1. The number of nitrogens with zero attached hydrogens (tertiary/aromatic N) is 4. The van der Waals surface area contributed by atoms with Gasteiger partial charge in [0.2, 0.25) is 11.8 Å². The van der Waals surface area contributed by atoms with Gasteiger partial charge in [0.15, 0.2) is 0 Å². The molecular formula is C25H24ClN5O4. The Balaban J connectivity index is 1.34. The van der Waals surface area contributed by atoms with Crippen LogP contribution in [0.15, 0.2) is 48.8 Å². The van der Waals surface area contributed by atoms with Crippen LogP contribution in [0.4, 0.5) is 11.5 Å². The lowest BCUT2D eigenvalue weighted by atomic mass is 10.0. The summed E-state index contributed by atoms with van der Waals surface area (Å²) in [6, 6.07) is 13.1. The second kappa shape index (κ2) is 9.52. The summed E-state index contributed by atoms with van der Waals surface area (Å²) in [6.45, 7) is 1.45. The van der Waals surface area contributed by atoms with Gasteiger partial charge in [-0.2, -0.15) is 0 Å². The highest BCUT2D eigenvalue weighted by Crippen LogP contribution is 2.33. The van der Waals surface area contributed by atoms with E-state index in [1.165, 1.54) is 6.33 Å². The average molecular weight is 494 g/mol. The first kappa shape index (κ1) is 23.1. The first-order valence-electron chi connectivity index (χ1n) is 11.3. The number of likely N-dealkylation sites (tertiary alicyclic amines) is 1. The van der Waals surface area contributed by atoms with Gasteiger partial charge in [-0.15, -0.1) is 0 Å². The topological polar surface area (TPSA) is 108 Å².